The summed E-state index contributed by atoms with van der Waals surface area (Å²) in [6.45, 7) is 3.47. The van der Waals surface area contributed by atoms with E-state index in [2.05, 4.69) is 16.4 Å². The van der Waals surface area contributed by atoms with E-state index in [1.54, 1.807) is 0 Å². The Morgan fingerprint density at radius 2 is 2.33 bits per heavy atom. The molecule has 1 aromatic rings. The smallest absolute Gasteiger partial charge is 0.303 e. The average molecular weight is 208 g/mol. The number of aromatic nitrogens is 1. The quantitative estimate of drug-likeness (QED) is 0.693. The van der Waals surface area contributed by atoms with Crippen LogP contribution in [-0.2, 0) is 11.3 Å². The van der Waals surface area contributed by atoms with E-state index in [4.69, 9.17) is 5.11 Å². The van der Waals surface area contributed by atoms with Gasteiger partial charge in [0.1, 0.15) is 0 Å². The van der Waals surface area contributed by atoms with Crippen LogP contribution in [-0.4, -0.2) is 22.6 Å². The Morgan fingerprint density at radius 3 is 3.00 bits per heavy atom. The molecule has 0 saturated carbocycles. The molecule has 4 heteroatoms. The SMILES string of the molecule is Cc1cncc(CNCCCC(=O)O)c1. The number of aryl methyl sites for hydroxylation is 1. The first-order chi connectivity index (χ1) is 7.18. The minimum Gasteiger partial charge on any atom is -0.481 e. The maximum atomic E-state index is 10.2. The zero-order valence-corrected chi connectivity index (χ0v) is 8.86. The summed E-state index contributed by atoms with van der Waals surface area (Å²) >= 11 is 0. The zero-order valence-electron chi connectivity index (χ0n) is 8.86. The summed E-state index contributed by atoms with van der Waals surface area (Å²) in [5.74, 6) is -0.742. The fourth-order valence-corrected chi connectivity index (χ4v) is 1.31. The maximum Gasteiger partial charge on any atom is 0.303 e. The van der Waals surface area contributed by atoms with Gasteiger partial charge in [-0.1, -0.05) is 6.07 Å². The van der Waals surface area contributed by atoms with Crippen LogP contribution in [0.2, 0.25) is 0 Å². The first kappa shape index (κ1) is 11.7. The number of carboxylic acid groups (broad SMARTS) is 1. The van der Waals surface area contributed by atoms with Gasteiger partial charge in [0.05, 0.1) is 0 Å². The van der Waals surface area contributed by atoms with E-state index in [0.717, 1.165) is 24.2 Å². The number of hydrogen-bond acceptors (Lipinski definition) is 3. The number of rotatable bonds is 6. The monoisotopic (exact) mass is 208 g/mol. The normalized spacial score (nSPS) is 10.2. The van der Waals surface area contributed by atoms with Crippen LogP contribution in [0.5, 0.6) is 0 Å². The van der Waals surface area contributed by atoms with Crippen LogP contribution in [0, 0.1) is 6.92 Å². The molecule has 0 unspecified atom stereocenters. The van der Waals surface area contributed by atoms with Gasteiger partial charge in [-0.25, -0.2) is 0 Å². The molecule has 0 fully saturated rings. The third-order valence-corrected chi connectivity index (χ3v) is 2.00. The Bertz CT molecular complexity index is 326. The summed E-state index contributed by atoms with van der Waals surface area (Å²) < 4.78 is 0. The second-order valence-corrected chi connectivity index (χ2v) is 3.54. The molecular weight excluding hydrogens is 192 g/mol. The molecule has 0 aromatic carbocycles. The fraction of sp³-hybridized carbons (Fsp3) is 0.455. The highest BCUT2D eigenvalue weighted by molar-refractivity contribution is 5.66. The number of nitrogens with zero attached hydrogens (tertiary/aromatic N) is 1. The van der Waals surface area contributed by atoms with E-state index in [0.29, 0.717) is 6.42 Å². The van der Waals surface area contributed by atoms with Crippen LogP contribution in [0.4, 0.5) is 0 Å². The van der Waals surface area contributed by atoms with Crippen molar-refractivity contribution in [3.05, 3.63) is 29.6 Å². The van der Waals surface area contributed by atoms with Crippen LogP contribution in [0.3, 0.4) is 0 Å². The Balaban J connectivity index is 2.17. The first-order valence-corrected chi connectivity index (χ1v) is 5.01. The molecule has 0 bridgehead atoms. The standard InChI is InChI=1S/C11H16N2O2/c1-9-5-10(8-13-6-9)7-12-4-2-3-11(14)15/h5-6,8,12H,2-4,7H2,1H3,(H,14,15). The minimum absolute atomic E-state index is 0.221. The summed E-state index contributed by atoms with van der Waals surface area (Å²) in [5.41, 5.74) is 2.27. The number of pyridine rings is 1. The van der Waals surface area contributed by atoms with Gasteiger partial charge >= 0.3 is 5.97 Å². The van der Waals surface area contributed by atoms with E-state index < -0.39 is 5.97 Å². The van der Waals surface area contributed by atoms with Crippen molar-refractivity contribution < 1.29 is 9.90 Å². The molecular formula is C11H16N2O2. The molecule has 0 radical (unpaired) electrons. The van der Waals surface area contributed by atoms with Crippen LogP contribution in [0.15, 0.2) is 18.5 Å². The molecule has 1 heterocycles. The molecule has 2 N–H and O–H groups in total. The minimum atomic E-state index is -0.742. The highest BCUT2D eigenvalue weighted by Gasteiger charge is 1.96. The molecule has 0 amide bonds. The van der Waals surface area contributed by atoms with E-state index >= 15 is 0 Å². The Morgan fingerprint density at radius 1 is 1.53 bits per heavy atom. The molecule has 0 spiro atoms. The summed E-state index contributed by atoms with van der Waals surface area (Å²) in [6, 6.07) is 2.07. The summed E-state index contributed by atoms with van der Waals surface area (Å²) in [6.07, 6.45) is 4.51. The first-order valence-electron chi connectivity index (χ1n) is 5.01. The lowest BCUT2D eigenvalue weighted by Gasteiger charge is -2.03. The van der Waals surface area contributed by atoms with Crippen LogP contribution in [0.25, 0.3) is 0 Å². The second-order valence-electron chi connectivity index (χ2n) is 3.54. The van der Waals surface area contributed by atoms with Crippen molar-refractivity contribution in [2.45, 2.75) is 26.3 Å². The molecule has 1 aromatic heterocycles. The van der Waals surface area contributed by atoms with Gasteiger partial charge in [-0.05, 0) is 31.0 Å². The summed E-state index contributed by atoms with van der Waals surface area (Å²) in [7, 11) is 0. The van der Waals surface area contributed by atoms with E-state index in [1.165, 1.54) is 0 Å². The average Bonchev–Trinajstić information content (AvgIpc) is 2.17. The lowest BCUT2D eigenvalue weighted by molar-refractivity contribution is -0.137. The summed E-state index contributed by atoms with van der Waals surface area (Å²) in [4.78, 5) is 14.3. The lowest BCUT2D eigenvalue weighted by Crippen LogP contribution is -2.15. The Kier molecular flexibility index (Phi) is 4.77. The van der Waals surface area contributed by atoms with Crippen LogP contribution in [0.1, 0.15) is 24.0 Å². The number of carbonyl (C=O) groups is 1. The molecule has 82 valence electrons. The largest absolute Gasteiger partial charge is 0.481 e. The number of aliphatic carboxylic acids is 1. The topological polar surface area (TPSA) is 62.2 Å². The van der Waals surface area contributed by atoms with Crippen molar-refractivity contribution in [1.29, 1.82) is 0 Å². The van der Waals surface area contributed by atoms with Gasteiger partial charge < -0.3 is 10.4 Å². The fourth-order valence-electron chi connectivity index (χ4n) is 1.31. The van der Waals surface area contributed by atoms with Crippen LogP contribution >= 0.6 is 0 Å². The van der Waals surface area contributed by atoms with Crippen molar-refractivity contribution in [2.75, 3.05) is 6.54 Å². The van der Waals surface area contributed by atoms with Gasteiger partial charge in [-0.15, -0.1) is 0 Å². The van der Waals surface area contributed by atoms with Gasteiger partial charge in [0.15, 0.2) is 0 Å². The molecule has 0 aliphatic heterocycles. The third kappa shape index (κ3) is 5.12. The molecule has 4 nitrogen and oxygen atoms in total. The van der Waals surface area contributed by atoms with Crippen molar-refractivity contribution in [3.8, 4) is 0 Å². The van der Waals surface area contributed by atoms with Crippen molar-refractivity contribution >= 4 is 5.97 Å². The Hall–Kier alpha value is -1.42. The molecule has 0 atom stereocenters. The van der Waals surface area contributed by atoms with E-state index in [9.17, 15) is 4.79 Å². The van der Waals surface area contributed by atoms with Crippen molar-refractivity contribution in [3.63, 3.8) is 0 Å². The van der Waals surface area contributed by atoms with Crippen molar-refractivity contribution in [1.82, 2.24) is 10.3 Å². The number of carboxylic acids is 1. The van der Waals surface area contributed by atoms with Gasteiger partial charge in [0, 0.05) is 25.4 Å². The lowest BCUT2D eigenvalue weighted by atomic mass is 10.2. The highest BCUT2D eigenvalue weighted by Crippen LogP contribution is 2.00. The third-order valence-electron chi connectivity index (χ3n) is 2.00. The van der Waals surface area contributed by atoms with E-state index in [-0.39, 0.29) is 6.42 Å². The number of nitrogens with one attached hydrogen (secondary N) is 1. The summed E-state index contributed by atoms with van der Waals surface area (Å²) in [5, 5.41) is 11.6. The Labute approximate surface area is 89.3 Å². The van der Waals surface area contributed by atoms with Gasteiger partial charge in [0.2, 0.25) is 0 Å². The van der Waals surface area contributed by atoms with Gasteiger partial charge in [0.25, 0.3) is 0 Å². The molecule has 0 saturated heterocycles. The predicted molar refractivity (Wildman–Crippen MR) is 57.6 cm³/mol. The van der Waals surface area contributed by atoms with Crippen LogP contribution < -0.4 is 5.32 Å². The zero-order chi connectivity index (χ0) is 11.1. The molecule has 0 aliphatic rings. The van der Waals surface area contributed by atoms with Gasteiger partial charge in [-0.3, -0.25) is 9.78 Å². The molecule has 15 heavy (non-hydrogen) atoms. The predicted octanol–water partition coefficient (Wildman–Crippen LogP) is 1.34. The van der Waals surface area contributed by atoms with E-state index in [1.807, 2.05) is 19.3 Å². The number of hydrogen-bond donors (Lipinski definition) is 2. The maximum absolute atomic E-state index is 10.2. The highest BCUT2D eigenvalue weighted by atomic mass is 16.4. The molecule has 0 aliphatic carbocycles. The molecule has 1 rings (SSSR count). The second kappa shape index (κ2) is 6.14. The van der Waals surface area contributed by atoms with Gasteiger partial charge in [-0.2, -0.15) is 0 Å². The van der Waals surface area contributed by atoms with Crippen molar-refractivity contribution in [2.24, 2.45) is 0 Å².